The lowest BCUT2D eigenvalue weighted by Gasteiger charge is -2.05. The fourth-order valence-electron chi connectivity index (χ4n) is 1.49. The van der Waals surface area contributed by atoms with Gasteiger partial charge < -0.3 is 10.4 Å². The largest absolute Gasteiger partial charge is 0.478 e. The minimum Gasteiger partial charge on any atom is -0.478 e. The maximum atomic E-state index is 11.6. The van der Waals surface area contributed by atoms with Crippen LogP contribution >= 0.6 is 0 Å². The molecule has 0 atom stereocenters. The topological polar surface area (TPSA) is 97.1 Å². The fraction of sp³-hybridized carbons (Fsp3) is 0.167. The van der Waals surface area contributed by atoms with Gasteiger partial charge in [0.05, 0.1) is 11.8 Å². The van der Waals surface area contributed by atoms with Gasteiger partial charge in [-0.15, -0.1) is 5.10 Å². The maximum Gasteiger partial charge on any atom is 0.335 e. The number of aromatic nitrogens is 3. The molecule has 7 heteroatoms. The van der Waals surface area contributed by atoms with Crippen molar-refractivity contribution in [1.29, 1.82) is 0 Å². The summed E-state index contributed by atoms with van der Waals surface area (Å²) in [5, 5.41) is 18.7. The van der Waals surface area contributed by atoms with Gasteiger partial charge in [-0.05, 0) is 17.7 Å². The van der Waals surface area contributed by atoms with Crippen molar-refractivity contribution in [2.45, 2.75) is 13.1 Å². The Morgan fingerprint density at radius 2 is 2.00 bits per heavy atom. The van der Waals surface area contributed by atoms with Crippen molar-refractivity contribution in [3.05, 3.63) is 47.8 Å². The fourth-order valence-corrected chi connectivity index (χ4v) is 1.49. The third-order valence-electron chi connectivity index (χ3n) is 2.47. The van der Waals surface area contributed by atoms with E-state index in [0.29, 0.717) is 6.54 Å². The van der Waals surface area contributed by atoms with Crippen LogP contribution in [0.5, 0.6) is 0 Å². The Morgan fingerprint density at radius 1 is 1.26 bits per heavy atom. The average molecular weight is 260 g/mol. The van der Waals surface area contributed by atoms with Crippen LogP contribution in [0.2, 0.25) is 0 Å². The van der Waals surface area contributed by atoms with E-state index in [0.717, 1.165) is 5.56 Å². The molecule has 2 N–H and O–H groups in total. The van der Waals surface area contributed by atoms with Crippen molar-refractivity contribution in [3.63, 3.8) is 0 Å². The number of nitrogens with one attached hydrogen (secondary N) is 1. The number of hydrogen-bond donors (Lipinski definition) is 2. The summed E-state index contributed by atoms with van der Waals surface area (Å²) < 4.78 is 1.42. The van der Waals surface area contributed by atoms with Crippen LogP contribution in [0.1, 0.15) is 15.9 Å². The molecule has 0 radical (unpaired) electrons. The van der Waals surface area contributed by atoms with Crippen molar-refractivity contribution in [2.24, 2.45) is 0 Å². The summed E-state index contributed by atoms with van der Waals surface area (Å²) in [5.41, 5.74) is 1.05. The molecule has 1 aromatic heterocycles. The van der Waals surface area contributed by atoms with Gasteiger partial charge in [0.2, 0.25) is 5.91 Å². The lowest BCUT2D eigenvalue weighted by atomic mass is 10.1. The number of amides is 1. The number of carboxylic acid groups (broad SMARTS) is 1. The van der Waals surface area contributed by atoms with E-state index in [2.05, 4.69) is 15.6 Å². The molecule has 7 nitrogen and oxygen atoms in total. The molecular formula is C12H12N4O3. The first-order chi connectivity index (χ1) is 9.15. The molecule has 0 aliphatic rings. The van der Waals surface area contributed by atoms with E-state index in [-0.39, 0.29) is 18.0 Å². The van der Waals surface area contributed by atoms with Crippen molar-refractivity contribution in [3.8, 4) is 0 Å². The Bertz CT molecular complexity index is 563. The summed E-state index contributed by atoms with van der Waals surface area (Å²) in [7, 11) is 0. The highest BCUT2D eigenvalue weighted by molar-refractivity contribution is 5.87. The van der Waals surface area contributed by atoms with Gasteiger partial charge in [0.15, 0.2) is 0 Å². The predicted molar refractivity (Wildman–Crippen MR) is 65.3 cm³/mol. The summed E-state index contributed by atoms with van der Waals surface area (Å²) in [5.74, 6) is -1.16. The molecule has 0 bridgehead atoms. The number of carbonyl (C=O) groups excluding carboxylic acids is 1. The highest BCUT2D eigenvalue weighted by Gasteiger charge is 2.04. The second-order valence-electron chi connectivity index (χ2n) is 3.88. The molecule has 2 aromatic rings. The van der Waals surface area contributed by atoms with E-state index in [1.54, 1.807) is 18.3 Å². The van der Waals surface area contributed by atoms with Crippen LogP contribution in [0.4, 0.5) is 0 Å². The highest BCUT2D eigenvalue weighted by Crippen LogP contribution is 2.04. The van der Waals surface area contributed by atoms with Gasteiger partial charge in [-0.25, -0.2) is 9.48 Å². The predicted octanol–water partition coefficient (Wildman–Crippen LogP) is 0.293. The minimum atomic E-state index is -0.971. The monoisotopic (exact) mass is 260 g/mol. The Labute approximate surface area is 108 Å². The summed E-state index contributed by atoms with van der Waals surface area (Å²) in [6.45, 7) is 0.445. The summed E-state index contributed by atoms with van der Waals surface area (Å²) in [4.78, 5) is 22.2. The smallest absolute Gasteiger partial charge is 0.335 e. The van der Waals surface area contributed by atoms with E-state index < -0.39 is 5.97 Å². The first kappa shape index (κ1) is 12.7. The zero-order chi connectivity index (χ0) is 13.7. The van der Waals surface area contributed by atoms with Gasteiger partial charge in [-0.3, -0.25) is 4.79 Å². The number of benzene rings is 1. The zero-order valence-electron chi connectivity index (χ0n) is 9.98. The maximum absolute atomic E-state index is 11.6. The Morgan fingerprint density at radius 3 is 2.58 bits per heavy atom. The standard InChI is InChI=1S/C12H12N4O3/c17-11(8-16-6-5-14-15-16)13-7-9-1-3-10(4-2-9)12(18)19/h1-6H,7-8H2,(H,13,17)(H,18,19). The van der Waals surface area contributed by atoms with E-state index >= 15 is 0 Å². The minimum absolute atomic E-state index is 0.104. The Hall–Kier alpha value is -2.70. The van der Waals surface area contributed by atoms with Crippen molar-refractivity contribution in [2.75, 3.05) is 0 Å². The van der Waals surface area contributed by atoms with E-state index in [1.807, 2.05) is 0 Å². The van der Waals surface area contributed by atoms with E-state index in [4.69, 9.17) is 5.11 Å². The molecular weight excluding hydrogens is 248 g/mol. The molecule has 2 rings (SSSR count). The van der Waals surface area contributed by atoms with Crippen LogP contribution in [0.15, 0.2) is 36.7 Å². The molecule has 0 unspecified atom stereocenters. The number of rotatable bonds is 5. The lowest BCUT2D eigenvalue weighted by Crippen LogP contribution is -2.27. The van der Waals surface area contributed by atoms with Crippen LogP contribution in [0.25, 0.3) is 0 Å². The Kier molecular flexibility index (Phi) is 3.87. The molecule has 0 saturated heterocycles. The molecule has 0 saturated carbocycles. The molecule has 0 spiro atoms. The third-order valence-corrected chi connectivity index (χ3v) is 2.47. The van der Waals surface area contributed by atoms with Gasteiger partial charge >= 0.3 is 5.97 Å². The molecule has 19 heavy (non-hydrogen) atoms. The van der Waals surface area contributed by atoms with Gasteiger partial charge in [0, 0.05) is 12.7 Å². The SMILES string of the molecule is O=C(Cn1ccnn1)NCc1ccc(C(=O)O)cc1. The average Bonchev–Trinajstić information content (AvgIpc) is 2.89. The molecule has 0 aliphatic carbocycles. The van der Waals surface area contributed by atoms with Crippen molar-refractivity contribution in [1.82, 2.24) is 20.3 Å². The number of aromatic carboxylic acids is 1. The molecule has 0 aliphatic heterocycles. The first-order valence-electron chi connectivity index (χ1n) is 5.58. The van der Waals surface area contributed by atoms with Crippen LogP contribution < -0.4 is 5.32 Å². The zero-order valence-corrected chi connectivity index (χ0v) is 9.98. The molecule has 1 aromatic carbocycles. The summed E-state index contributed by atoms with van der Waals surface area (Å²) in [6, 6.07) is 6.33. The van der Waals surface area contributed by atoms with Crippen LogP contribution in [-0.2, 0) is 17.9 Å². The first-order valence-corrected chi connectivity index (χ1v) is 5.58. The lowest BCUT2D eigenvalue weighted by molar-refractivity contribution is -0.122. The third kappa shape index (κ3) is 3.63. The number of hydrogen-bond acceptors (Lipinski definition) is 4. The van der Waals surface area contributed by atoms with Gasteiger partial charge in [0.1, 0.15) is 6.54 Å². The van der Waals surface area contributed by atoms with Gasteiger partial charge in [0.25, 0.3) is 0 Å². The summed E-state index contributed by atoms with van der Waals surface area (Å²) in [6.07, 6.45) is 3.10. The van der Waals surface area contributed by atoms with Crippen molar-refractivity contribution < 1.29 is 14.7 Å². The number of carboxylic acids is 1. The number of carbonyl (C=O) groups is 2. The van der Waals surface area contributed by atoms with Crippen LogP contribution in [-0.4, -0.2) is 32.0 Å². The summed E-state index contributed by atoms with van der Waals surface area (Å²) >= 11 is 0. The van der Waals surface area contributed by atoms with Crippen molar-refractivity contribution >= 4 is 11.9 Å². The normalized spacial score (nSPS) is 10.1. The molecule has 98 valence electrons. The second-order valence-corrected chi connectivity index (χ2v) is 3.88. The highest BCUT2D eigenvalue weighted by atomic mass is 16.4. The molecule has 0 fully saturated rings. The second kappa shape index (κ2) is 5.76. The van der Waals surface area contributed by atoms with E-state index in [1.165, 1.54) is 23.0 Å². The van der Waals surface area contributed by atoms with E-state index in [9.17, 15) is 9.59 Å². The quantitative estimate of drug-likeness (QED) is 0.805. The van der Waals surface area contributed by atoms with Crippen LogP contribution in [0, 0.1) is 0 Å². The molecule has 1 heterocycles. The molecule has 1 amide bonds. The van der Waals surface area contributed by atoms with Gasteiger partial charge in [-0.2, -0.15) is 0 Å². The van der Waals surface area contributed by atoms with Gasteiger partial charge in [-0.1, -0.05) is 17.3 Å². The number of nitrogens with zero attached hydrogens (tertiary/aromatic N) is 3. The Balaban J connectivity index is 1.84. The van der Waals surface area contributed by atoms with Crippen LogP contribution in [0.3, 0.4) is 0 Å².